The van der Waals surface area contributed by atoms with Gasteiger partial charge in [-0.2, -0.15) is 23.3 Å². The lowest BCUT2D eigenvalue weighted by Gasteiger charge is -2.18. The van der Waals surface area contributed by atoms with Gasteiger partial charge in [0, 0.05) is 18.7 Å². The third-order valence-electron chi connectivity index (χ3n) is 4.49. The van der Waals surface area contributed by atoms with Crippen LogP contribution in [0.5, 0.6) is 5.75 Å². The van der Waals surface area contributed by atoms with Gasteiger partial charge in [-0.25, -0.2) is 4.98 Å². The van der Waals surface area contributed by atoms with E-state index in [2.05, 4.69) is 25.7 Å². The van der Waals surface area contributed by atoms with Crippen molar-refractivity contribution in [2.24, 2.45) is 0 Å². The molecule has 0 radical (unpaired) electrons. The van der Waals surface area contributed by atoms with Gasteiger partial charge in [-0.15, -0.1) is 0 Å². The number of halogens is 3. The van der Waals surface area contributed by atoms with Gasteiger partial charge in [0.15, 0.2) is 11.6 Å². The lowest BCUT2D eigenvalue weighted by atomic mass is 10.2. The van der Waals surface area contributed by atoms with E-state index in [1.807, 2.05) is 11.6 Å². The van der Waals surface area contributed by atoms with Gasteiger partial charge in [-0.3, -0.25) is 4.68 Å². The van der Waals surface area contributed by atoms with Crippen LogP contribution < -0.4 is 15.4 Å². The first-order chi connectivity index (χ1) is 12.3. The standard InChI is InChI=1S/C16H19F3N6O/c1-8-5-6-26-12-9(2)25(10-3-4-10)24-14(12)23-15-20-7-11(16(17,18)19)13(21-8)22-15/h7-8,10H,3-6H2,1-2H3,(H2,20,21,22,23,24)/t8-/m0/s1. The number of alkyl halides is 3. The van der Waals surface area contributed by atoms with Crippen LogP contribution in [0.15, 0.2) is 6.20 Å². The molecule has 2 N–H and O–H groups in total. The van der Waals surface area contributed by atoms with Gasteiger partial charge in [-0.05, 0) is 26.7 Å². The topological polar surface area (TPSA) is 76.9 Å². The first-order valence-corrected chi connectivity index (χ1v) is 8.52. The summed E-state index contributed by atoms with van der Waals surface area (Å²) in [7, 11) is 0. The number of nitrogens with zero attached hydrogens (tertiary/aromatic N) is 4. The molecule has 4 rings (SSSR count). The monoisotopic (exact) mass is 368 g/mol. The highest BCUT2D eigenvalue weighted by molar-refractivity contribution is 5.61. The first kappa shape index (κ1) is 16.9. The third kappa shape index (κ3) is 3.15. The van der Waals surface area contributed by atoms with Crippen molar-refractivity contribution in [3.05, 3.63) is 17.5 Å². The fourth-order valence-corrected chi connectivity index (χ4v) is 2.94. The van der Waals surface area contributed by atoms with Crippen LogP contribution >= 0.6 is 0 Å². The summed E-state index contributed by atoms with van der Waals surface area (Å²) in [5.74, 6) is 0.815. The summed E-state index contributed by atoms with van der Waals surface area (Å²) in [5.41, 5.74) is -0.00280. The lowest BCUT2D eigenvalue weighted by Crippen LogP contribution is -2.22. The second-order valence-corrected chi connectivity index (χ2v) is 6.70. The molecule has 1 fully saturated rings. The maximum atomic E-state index is 13.2. The molecule has 0 spiro atoms. The van der Waals surface area contributed by atoms with Crippen LogP contribution in [0.3, 0.4) is 0 Å². The number of rotatable bonds is 1. The van der Waals surface area contributed by atoms with Gasteiger partial charge in [0.05, 0.1) is 18.3 Å². The molecule has 0 amide bonds. The molecule has 26 heavy (non-hydrogen) atoms. The Kier molecular flexibility index (Phi) is 3.92. The van der Waals surface area contributed by atoms with E-state index in [9.17, 15) is 13.2 Å². The molecule has 140 valence electrons. The number of nitrogens with one attached hydrogen (secondary N) is 2. The van der Waals surface area contributed by atoms with Crippen LogP contribution in [0.1, 0.15) is 43.5 Å². The van der Waals surface area contributed by atoms with Crippen LogP contribution in [0.2, 0.25) is 0 Å². The number of hydrogen-bond donors (Lipinski definition) is 2. The summed E-state index contributed by atoms with van der Waals surface area (Å²) in [4.78, 5) is 7.85. The van der Waals surface area contributed by atoms with Crippen LogP contribution in [0, 0.1) is 6.92 Å². The number of anilines is 3. The predicted molar refractivity (Wildman–Crippen MR) is 88.7 cm³/mol. The molecule has 2 aromatic rings. The Bertz CT molecular complexity index is 830. The molecule has 2 aromatic heterocycles. The molecule has 7 nitrogen and oxygen atoms in total. The number of aromatic nitrogens is 4. The minimum absolute atomic E-state index is 0.0416. The van der Waals surface area contributed by atoms with E-state index in [4.69, 9.17) is 4.74 Å². The minimum atomic E-state index is -4.54. The largest absolute Gasteiger partial charge is 0.488 e. The average molecular weight is 368 g/mol. The molecule has 0 unspecified atom stereocenters. The van der Waals surface area contributed by atoms with Crippen LogP contribution in [-0.4, -0.2) is 32.4 Å². The Balaban J connectivity index is 1.76. The summed E-state index contributed by atoms with van der Waals surface area (Å²) in [6.45, 7) is 4.06. The minimum Gasteiger partial charge on any atom is -0.488 e. The maximum absolute atomic E-state index is 13.2. The second-order valence-electron chi connectivity index (χ2n) is 6.70. The molecule has 2 bridgehead atoms. The summed E-state index contributed by atoms with van der Waals surface area (Å²) in [5, 5.41) is 10.2. The third-order valence-corrected chi connectivity index (χ3v) is 4.49. The molecule has 1 aliphatic carbocycles. The van der Waals surface area contributed by atoms with E-state index in [-0.39, 0.29) is 17.8 Å². The summed E-state index contributed by atoms with van der Waals surface area (Å²) in [6.07, 6.45) is -1.11. The van der Waals surface area contributed by atoms with E-state index < -0.39 is 11.7 Å². The highest BCUT2D eigenvalue weighted by Gasteiger charge is 2.36. The van der Waals surface area contributed by atoms with Crippen molar-refractivity contribution >= 4 is 17.6 Å². The summed E-state index contributed by atoms with van der Waals surface area (Å²) >= 11 is 0. The zero-order chi connectivity index (χ0) is 18.5. The fraction of sp³-hybridized carbons (Fsp3) is 0.562. The smallest absolute Gasteiger partial charge is 0.421 e. The zero-order valence-electron chi connectivity index (χ0n) is 14.4. The Hall–Kier alpha value is -2.52. The molecule has 1 saturated carbocycles. The van der Waals surface area contributed by atoms with Crippen molar-refractivity contribution in [2.75, 3.05) is 17.2 Å². The molecular formula is C16H19F3N6O. The van der Waals surface area contributed by atoms with Gasteiger partial charge < -0.3 is 15.4 Å². The van der Waals surface area contributed by atoms with Crippen molar-refractivity contribution in [3.63, 3.8) is 0 Å². The van der Waals surface area contributed by atoms with E-state index >= 15 is 0 Å². The van der Waals surface area contributed by atoms with Crippen LogP contribution in [0.25, 0.3) is 0 Å². The van der Waals surface area contributed by atoms with Crippen LogP contribution in [0.4, 0.5) is 30.8 Å². The highest BCUT2D eigenvalue weighted by Crippen LogP contribution is 2.41. The maximum Gasteiger partial charge on any atom is 0.421 e. The summed E-state index contributed by atoms with van der Waals surface area (Å²) in [6, 6.07) is 0.102. The van der Waals surface area contributed by atoms with E-state index in [1.54, 1.807) is 6.92 Å². The lowest BCUT2D eigenvalue weighted by molar-refractivity contribution is -0.137. The van der Waals surface area contributed by atoms with Crippen molar-refractivity contribution in [2.45, 2.75) is 51.4 Å². The first-order valence-electron chi connectivity index (χ1n) is 8.52. The van der Waals surface area contributed by atoms with Gasteiger partial charge in [0.1, 0.15) is 11.4 Å². The van der Waals surface area contributed by atoms with Gasteiger partial charge >= 0.3 is 6.18 Å². The number of hydrogen-bond acceptors (Lipinski definition) is 6. The second kappa shape index (κ2) is 6.03. The van der Waals surface area contributed by atoms with Crippen molar-refractivity contribution in [1.29, 1.82) is 0 Å². The Morgan fingerprint density at radius 1 is 1.23 bits per heavy atom. The number of fused-ring (bicyclic) bond motifs is 3. The molecule has 1 atom stereocenters. The predicted octanol–water partition coefficient (Wildman–Crippen LogP) is 3.66. The molecular weight excluding hydrogens is 349 g/mol. The Morgan fingerprint density at radius 2 is 2.00 bits per heavy atom. The van der Waals surface area contributed by atoms with Crippen molar-refractivity contribution in [1.82, 2.24) is 19.7 Å². The average Bonchev–Trinajstić information content (AvgIpc) is 3.34. The van der Waals surface area contributed by atoms with E-state index in [0.717, 1.165) is 24.7 Å². The van der Waals surface area contributed by atoms with E-state index in [1.165, 1.54) is 0 Å². The van der Waals surface area contributed by atoms with Gasteiger partial charge in [0.25, 0.3) is 0 Å². The molecule has 1 aliphatic heterocycles. The molecule has 0 saturated heterocycles. The van der Waals surface area contributed by atoms with Crippen LogP contribution in [-0.2, 0) is 6.18 Å². The van der Waals surface area contributed by atoms with Gasteiger partial charge in [0.2, 0.25) is 5.95 Å². The molecule has 2 aliphatic rings. The zero-order valence-corrected chi connectivity index (χ0v) is 14.4. The quantitative estimate of drug-likeness (QED) is 0.800. The van der Waals surface area contributed by atoms with E-state index in [0.29, 0.717) is 30.6 Å². The molecule has 3 heterocycles. The van der Waals surface area contributed by atoms with Crippen molar-refractivity contribution < 1.29 is 17.9 Å². The van der Waals surface area contributed by atoms with Gasteiger partial charge in [-0.1, -0.05) is 0 Å². The molecule has 0 aromatic carbocycles. The van der Waals surface area contributed by atoms with Crippen molar-refractivity contribution in [3.8, 4) is 5.75 Å². The Labute approximate surface area is 148 Å². The number of ether oxygens (including phenoxy) is 1. The summed E-state index contributed by atoms with van der Waals surface area (Å²) < 4.78 is 47.5. The highest BCUT2D eigenvalue weighted by atomic mass is 19.4. The fourth-order valence-electron chi connectivity index (χ4n) is 2.94. The normalized spacial score (nSPS) is 20.3. The Morgan fingerprint density at radius 3 is 2.69 bits per heavy atom. The SMILES string of the molecule is Cc1c2c(nn1C1CC1)Nc1ncc(C(F)(F)F)c(n1)N[C@@H](C)CCO2. The molecule has 10 heteroatoms.